The van der Waals surface area contributed by atoms with Gasteiger partial charge in [0, 0.05) is 25.7 Å². The average Bonchev–Trinajstić information content (AvgIpc) is 3.72. The summed E-state index contributed by atoms with van der Waals surface area (Å²) in [6.45, 7) is 9.31. The van der Waals surface area contributed by atoms with Gasteiger partial charge in [0.1, 0.15) is 19.3 Å². The zero-order valence-corrected chi connectivity index (χ0v) is 59.7. The maximum Gasteiger partial charge on any atom is 0.472 e. The molecule has 0 saturated carbocycles. The molecule has 0 aromatic carbocycles. The highest BCUT2D eigenvalue weighted by Gasteiger charge is 2.30. The van der Waals surface area contributed by atoms with Crippen LogP contribution in [0.2, 0.25) is 0 Å². The van der Waals surface area contributed by atoms with Gasteiger partial charge in [-0.2, -0.15) is 0 Å². The fraction of sp³-hybridized carbons (Fsp3) is 0.887. The molecule has 0 bridgehead atoms. The van der Waals surface area contributed by atoms with Gasteiger partial charge in [-0.3, -0.25) is 37.3 Å². The summed E-state index contributed by atoms with van der Waals surface area (Å²) in [6, 6.07) is 0. The number of rotatable bonds is 68. The van der Waals surface area contributed by atoms with Gasteiger partial charge in [-0.1, -0.05) is 284 Å². The molecule has 0 heterocycles. The smallest absolute Gasteiger partial charge is 0.462 e. The van der Waals surface area contributed by atoms with Crippen LogP contribution >= 0.6 is 15.6 Å². The van der Waals surface area contributed by atoms with Crippen molar-refractivity contribution in [3.8, 4) is 0 Å². The van der Waals surface area contributed by atoms with Crippen molar-refractivity contribution < 1.29 is 80.2 Å². The third-order valence-electron chi connectivity index (χ3n) is 15.8. The summed E-state index contributed by atoms with van der Waals surface area (Å²) >= 11 is 0. The molecule has 17 nitrogen and oxygen atoms in total. The second-order valence-electron chi connectivity index (χ2n) is 25.9. The molecule has 5 atom stereocenters. The van der Waals surface area contributed by atoms with E-state index in [0.29, 0.717) is 37.5 Å². The van der Waals surface area contributed by atoms with E-state index in [2.05, 4.69) is 65.8 Å². The summed E-state index contributed by atoms with van der Waals surface area (Å²) in [5, 5.41) is 10.6. The van der Waals surface area contributed by atoms with Gasteiger partial charge in [-0.05, 0) is 63.2 Å². The van der Waals surface area contributed by atoms with E-state index in [4.69, 9.17) is 37.0 Å². The molecule has 0 radical (unpaired) electrons. The highest BCUT2D eigenvalue weighted by Crippen LogP contribution is 2.45. The summed E-state index contributed by atoms with van der Waals surface area (Å²) < 4.78 is 68.2. The van der Waals surface area contributed by atoms with Gasteiger partial charge in [0.05, 0.1) is 26.4 Å². The first-order valence-corrected chi connectivity index (χ1v) is 39.3. The molecule has 0 saturated heterocycles. The Hall–Kier alpha value is -2.46. The Bertz CT molecular complexity index is 1850. The Morgan fingerprint density at radius 2 is 0.600 bits per heavy atom. The SMILES string of the molecule is CCCCCC/C=C\C=C/CCCCCCCC(=O)OC[C@H](COP(=O)(O)OC[C@@H](O)COP(=O)(O)OC[C@@H](COC(=O)CCCCCCCCC(C)C)OC(=O)CCCCCCCCC(C)C)OC(=O)CCCCCCCCCCCCCCCCCCC. The molecule has 0 aliphatic carbocycles. The molecule has 3 N–H and O–H groups in total. The molecule has 0 aliphatic heterocycles. The van der Waals surface area contributed by atoms with Crippen molar-refractivity contribution >= 4 is 39.5 Å². The molecule has 0 fully saturated rings. The molecule has 0 aromatic rings. The van der Waals surface area contributed by atoms with Gasteiger partial charge in [0.15, 0.2) is 12.2 Å². The number of aliphatic hydroxyl groups excluding tert-OH is 1. The number of unbranched alkanes of at least 4 members (excludes halogenated alkanes) is 35. The molecule has 90 heavy (non-hydrogen) atoms. The van der Waals surface area contributed by atoms with Crippen LogP contribution in [0.1, 0.15) is 337 Å². The minimum atomic E-state index is -4.96. The van der Waals surface area contributed by atoms with Gasteiger partial charge >= 0.3 is 39.5 Å². The second kappa shape index (κ2) is 62.6. The number of carbonyl (C=O) groups is 4. The Morgan fingerprint density at radius 1 is 0.344 bits per heavy atom. The molecule has 0 spiro atoms. The Morgan fingerprint density at radius 3 is 0.911 bits per heavy atom. The molecule has 530 valence electrons. The lowest BCUT2D eigenvalue weighted by Gasteiger charge is -2.21. The number of hydrogen-bond acceptors (Lipinski definition) is 15. The number of allylic oxidation sites excluding steroid dienone is 4. The Labute approximate surface area is 548 Å². The van der Waals surface area contributed by atoms with Crippen molar-refractivity contribution in [2.24, 2.45) is 11.8 Å². The topological polar surface area (TPSA) is 237 Å². The lowest BCUT2D eigenvalue weighted by Crippen LogP contribution is -2.30. The van der Waals surface area contributed by atoms with E-state index >= 15 is 0 Å². The molecule has 2 unspecified atom stereocenters. The molecule has 0 aliphatic rings. The normalized spacial score (nSPS) is 14.3. The number of phosphoric acid groups is 2. The van der Waals surface area contributed by atoms with Crippen molar-refractivity contribution in [1.82, 2.24) is 0 Å². The highest BCUT2D eigenvalue weighted by molar-refractivity contribution is 7.47. The zero-order chi connectivity index (χ0) is 66.5. The number of phosphoric ester groups is 2. The van der Waals surface area contributed by atoms with Gasteiger partial charge in [-0.25, -0.2) is 9.13 Å². The minimum absolute atomic E-state index is 0.0987. The molecule has 0 rings (SSSR count). The fourth-order valence-corrected chi connectivity index (χ4v) is 11.8. The van der Waals surface area contributed by atoms with Gasteiger partial charge in [0.2, 0.25) is 0 Å². The van der Waals surface area contributed by atoms with Crippen LogP contribution in [0, 0.1) is 11.8 Å². The molecule has 0 aromatic heterocycles. The maximum absolute atomic E-state index is 13.0. The third kappa shape index (κ3) is 64.3. The highest BCUT2D eigenvalue weighted by atomic mass is 31.2. The van der Waals surface area contributed by atoms with Crippen LogP contribution in [0.4, 0.5) is 0 Å². The largest absolute Gasteiger partial charge is 0.472 e. The lowest BCUT2D eigenvalue weighted by atomic mass is 10.0. The molecular formula is C71H134O17P2. The van der Waals surface area contributed by atoms with Crippen LogP contribution in [0.15, 0.2) is 24.3 Å². The molecule has 0 amide bonds. The third-order valence-corrected chi connectivity index (χ3v) is 17.7. The van der Waals surface area contributed by atoms with Gasteiger partial charge in [0.25, 0.3) is 0 Å². The quantitative estimate of drug-likeness (QED) is 0.0169. The average molecular weight is 1320 g/mol. The van der Waals surface area contributed by atoms with E-state index in [0.717, 1.165) is 116 Å². The number of ether oxygens (including phenoxy) is 4. The van der Waals surface area contributed by atoms with Crippen LogP contribution in [0.5, 0.6) is 0 Å². The van der Waals surface area contributed by atoms with Crippen LogP contribution in [-0.2, 0) is 65.4 Å². The fourth-order valence-electron chi connectivity index (χ4n) is 10.2. The zero-order valence-electron chi connectivity index (χ0n) is 57.9. The van der Waals surface area contributed by atoms with Crippen LogP contribution < -0.4 is 0 Å². The minimum Gasteiger partial charge on any atom is -0.462 e. The van der Waals surface area contributed by atoms with Crippen molar-refractivity contribution in [3.63, 3.8) is 0 Å². The number of aliphatic hydroxyl groups is 1. The lowest BCUT2D eigenvalue weighted by molar-refractivity contribution is -0.161. The van der Waals surface area contributed by atoms with E-state index in [-0.39, 0.29) is 25.7 Å². The number of carbonyl (C=O) groups excluding carboxylic acids is 4. The molecular weight excluding hydrogens is 1190 g/mol. The number of esters is 4. The van der Waals surface area contributed by atoms with E-state index in [1.807, 2.05) is 0 Å². The Kier molecular flexibility index (Phi) is 60.9. The second-order valence-corrected chi connectivity index (χ2v) is 28.8. The summed E-state index contributed by atoms with van der Waals surface area (Å²) in [6.07, 6.45) is 51.2. The summed E-state index contributed by atoms with van der Waals surface area (Å²) in [5.74, 6) is -0.815. The van der Waals surface area contributed by atoms with E-state index < -0.39 is 97.5 Å². The monoisotopic (exact) mass is 1320 g/mol. The maximum atomic E-state index is 13.0. The first-order valence-electron chi connectivity index (χ1n) is 36.3. The van der Waals surface area contributed by atoms with Crippen LogP contribution in [-0.4, -0.2) is 96.7 Å². The predicted molar refractivity (Wildman–Crippen MR) is 363 cm³/mol. The summed E-state index contributed by atoms with van der Waals surface area (Å²) in [4.78, 5) is 72.4. The van der Waals surface area contributed by atoms with Crippen molar-refractivity contribution in [1.29, 1.82) is 0 Å². The van der Waals surface area contributed by atoms with Crippen LogP contribution in [0.3, 0.4) is 0 Å². The molecule has 19 heteroatoms. The Balaban J connectivity index is 5.25. The van der Waals surface area contributed by atoms with E-state index in [1.165, 1.54) is 128 Å². The van der Waals surface area contributed by atoms with E-state index in [9.17, 15) is 43.2 Å². The van der Waals surface area contributed by atoms with Crippen LogP contribution in [0.25, 0.3) is 0 Å². The van der Waals surface area contributed by atoms with E-state index in [1.54, 1.807) is 0 Å². The van der Waals surface area contributed by atoms with Crippen molar-refractivity contribution in [2.75, 3.05) is 39.6 Å². The first-order chi connectivity index (χ1) is 43.4. The number of hydrogen-bond donors (Lipinski definition) is 3. The van der Waals surface area contributed by atoms with Gasteiger partial charge < -0.3 is 33.8 Å². The van der Waals surface area contributed by atoms with Gasteiger partial charge in [-0.15, -0.1) is 0 Å². The standard InChI is InChI=1S/C71H134O17P2/c1-7-9-11-13-15-17-19-21-23-24-26-28-30-32-34-43-49-55-70(75)87-66(59-81-68(73)53-47-41-33-31-29-27-25-22-20-18-16-14-12-10-8-2)61-85-89(77,78)83-57-65(72)58-84-90(79,80)86-62-67(88-71(76)56-50-44-38-36-40-46-52-64(5)6)60-82-69(74)54-48-42-37-35-39-45-51-63(3)4/h18,20,22,25,63-67,72H,7-17,19,21,23-24,26-62H2,1-6H3,(H,77,78)(H,79,80)/b20-18-,25-22-/t65-,66-,67-/m1/s1. The van der Waals surface area contributed by atoms with Crippen molar-refractivity contribution in [2.45, 2.75) is 355 Å². The summed E-state index contributed by atoms with van der Waals surface area (Å²) in [5.41, 5.74) is 0. The first kappa shape index (κ1) is 87.5. The summed E-state index contributed by atoms with van der Waals surface area (Å²) in [7, 11) is -9.91. The van der Waals surface area contributed by atoms with Crippen molar-refractivity contribution in [3.05, 3.63) is 24.3 Å². The predicted octanol–water partition coefficient (Wildman–Crippen LogP) is 19.9.